The number of hydrogen-bond acceptors (Lipinski definition) is 4. The van der Waals surface area contributed by atoms with E-state index in [1.54, 1.807) is 19.2 Å². The molecular weight excluding hydrogens is 266 g/mol. The Hall–Kier alpha value is -2.67. The number of aromatic hydroxyl groups is 1. The molecule has 1 atom stereocenters. The van der Waals surface area contributed by atoms with Crippen LogP contribution in [0.3, 0.4) is 0 Å². The van der Waals surface area contributed by atoms with Crippen LogP contribution in [0.4, 0.5) is 0 Å². The molecule has 0 saturated carbocycles. The van der Waals surface area contributed by atoms with E-state index in [2.05, 4.69) is 6.07 Å². The second-order valence-corrected chi connectivity index (χ2v) is 4.56. The van der Waals surface area contributed by atoms with Crippen molar-refractivity contribution in [2.45, 2.75) is 12.3 Å². The largest absolute Gasteiger partial charge is 0.504 e. The van der Waals surface area contributed by atoms with Gasteiger partial charge in [-0.05, 0) is 12.1 Å². The number of nitrogens with zero attached hydrogens (tertiary/aromatic N) is 1. The number of ether oxygens (including phenoxy) is 2. The van der Waals surface area contributed by atoms with Gasteiger partial charge in [0.15, 0.2) is 11.5 Å². The van der Waals surface area contributed by atoms with E-state index in [1.165, 1.54) is 7.11 Å². The average molecular weight is 283 g/mol. The Morgan fingerprint density at radius 1 is 1.05 bits per heavy atom. The van der Waals surface area contributed by atoms with Crippen molar-refractivity contribution in [3.8, 4) is 23.3 Å². The van der Waals surface area contributed by atoms with Crippen LogP contribution in [0.15, 0.2) is 42.5 Å². The van der Waals surface area contributed by atoms with E-state index < -0.39 is 0 Å². The van der Waals surface area contributed by atoms with E-state index in [1.807, 2.05) is 30.3 Å². The molecule has 2 rings (SSSR count). The second kappa shape index (κ2) is 6.67. The Morgan fingerprint density at radius 3 is 2.43 bits per heavy atom. The van der Waals surface area contributed by atoms with E-state index in [0.717, 1.165) is 11.1 Å². The van der Waals surface area contributed by atoms with E-state index in [4.69, 9.17) is 14.7 Å². The van der Waals surface area contributed by atoms with Gasteiger partial charge in [0, 0.05) is 23.5 Å². The zero-order valence-electron chi connectivity index (χ0n) is 12.0. The smallest absolute Gasteiger partial charge is 0.164 e. The summed E-state index contributed by atoms with van der Waals surface area (Å²) in [5.74, 6) is 0.938. The summed E-state index contributed by atoms with van der Waals surface area (Å²) in [5, 5.41) is 19.1. The summed E-state index contributed by atoms with van der Waals surface area (Å²) in [7, 11) is 3.10. The number of para-hydroxylation sites is 2. The summed E-state index contributed by atoms with van der Waals surface area (Å²) < 4.78 is 10.7. The maximum Gasteiger partial charge on any atom is 0.164 e. The summed E-state index contributed by atoms with van der Waals surface area (Å²) in [6.07, 6.45) is 0.264. The molecule has 21 heavy (non-hydrogen) atoms. The molecule has 1 N–H and O–H groups in total. The first-order valence-corrected chi connectivity index (χ1v) is 6.58. The van der Waals surface area contributed by atoms with Crippen molar-refractivity contribution >= 4 is 0 Å². The maximum atomic E-state index is 9.94. The molecule has 0 bridgehead atoms. The molecular formula is C17H17NO3. The molecule has 108 valence electrons. The lowest BCUT2D eigenvalue weighted by molar-refractivity contribution is 0.366. The second-order valence-electron chi connectivity index (χ2n) is 4.56. The minimum Gasteiger partial charge on any atom is -0.504 e. The fraction of sp³-hybridized carbons (Fsp3) is 0.235. The van der Waals surface area contributed by atoms with Crippen LogP contribution in [0.2, 0.25) is 0 Å². The summed E-state index contributed by atoms with van der Waals surface area (Å²) >= 11 is 0. The fourth-order valence-electron chi connectivity index (χ4n) is 2.47. The van der Waals surface area contributed by atoms with Crippen LogP contribution in [0.5, 0.6) is 17.2 Å². The van der Waals surface area contributed by atoms with Crippen molar-refractivity contribution in [3.63, 3.8) is 0 Å². The van der Waals surface area contributed by atoms with E-state index in [0.29, 0.717) is 11.5 Å². The molecule has 0 saturated heterocycles. The molecule has 0 aromatic heterocycles. The molecule has 2 aromatic carbocycles. The normalized spacial score (nSPS) is 11.5. The van der Waals surface area contributed by atoms with Crippen molar-refractivity contribution in [3.05, 3.63) is 53.6 Å². The van der Waals surface area contributed by atoms with Crippen molar-refractivity contribution < 1.29 is 14.6 Å². The number of benzene rings is 2. The highest BCUT2D eigenvalue weighted by Gasteiger charge is 2.22. The quantitative estimate of drug-likeness (QED) is 0.912. The van der Waals surface area contributed by atoms with Crippen LogP contribution in [0.25, 0.3) is 0 Å². The molecule has 0 fully saturated rings. The highest BCUT2D eigenvalue weighted by atomic mass is 16.5. The maximum absolute atomic E-state index is 9.94. The molecule has 0 spiro atoms. The van der Waals surface area contributed by atoms with Crippen molar-refractivity contribution in [2.75, 3.05) is 14.2 Å². The molecule has 0 amide bonds. The minimum atomic E-state index is -0.229. The van der Waals surface area contributed by atoms with Gasteiger partial charge in [0.2, 0.25) is 0 Å². The summed E-state index contributed by atoms with van der Waals surface area (Å²) in [4.78, 5) is 0. The predicted molar refractivity (Wildman–Crippen MR) is 79.7 cm³/mol. The van der Waals surface area contributed by atoms with Crippen LogP contribution >= 0.6 is 0 Å². The van der Waals surface area contributed by atoms with Gasteiger partial charge in [-0.1, -0.05) is 30.3 Å². The van der Waals surface area contributed by atoms with Gasteiger partial charge < -0.3 is 14.6 Å². The van der Waals surface area contributed by atoms with Crippen LogP contribution < -0.4 is 9.47 Å². The number of rotatable bonds is 5. The Morgan fingerprint density at radius 2 is 1.76 bits per heavy atom. The monoisotopic (exact) mass is 283 g/mol. The third kappa shape index (κ3) is 2.92. The first-order valence-electron chi connectivity index (χ1n) is 6.58. The van der Waals surface area contributed by atoms with Crippen LogP contribution in [-0.2, 0) is 0 Å². The van der Waals surface area contributed by atoms with Crippen LogP contribution in [0.1, 0.15) is 23.5 Å². The van der Waals surface area contributed by atoms with E-state index >= 15 is 0 Å². The Balaban J connectivity index is 2.60. The van der Waals surface area contributed by atoms with Crippen molar-refractivity contribution in [2.24, 2.45) is 0 Å². The Labute approximate surface area is 124 Å². The molecule has 0 heterocycles. The minimum absolute atomic E-state index is 0.0628. The topological polar surface area (TPSA) is 62.5 Å². The average Bonchev–Trinajstić information content (AvgIpc) is 2.52. The summed E-state index contributed by atoms with van der Waals surface area (Å²) in [6, 6.07) is 14.9. The van der Waals surface area contributed by atoms with Gasteiger partial charge in [0.05, 0.1) is 20.3 Å². The third-order valence-corrected chi connectivity index (χ3v) is 3.41. The highest BCUT2D eigenvalue weighted by Crippen LogP contribution is 2.41. The first-order chi connectivity index (χ1) is 10.2. The van der Waals surface area contributed by atoms with Crippen LogP contribution in [0, 0.1) is 11.3 Å². The first kappa shape index (κ1) is 14.7. The Bertz CT molecular complexity index is 661. The molecule has 0 radical (unpaired) electrons. The zero-order chi connectivity index (χ0) is 15.2. The Kier molecular flexibility index (Phi) is 4.68. The van der Waals surface area contributed by atoms with Gasteiger partial charge in [-0.2, -0.15) is 5.26 Å². The van der Waals surface area contributed by atoms with Crippen molar-refractivity contribution in [1.29, 1.82) is 5.26 Å². The molecule has 2 aromatic rings. The third-order valence-electron chi connectivity index (χ3n) is 3.41. The summed E-state index contributed by atoms with van der Waals surface area (Å²) in [6.45, 7) is 0. The van der Waals surface area contributed by atoms with E-state index in [-0.39, 0.29) is 18.1 Å². The fourth-order valence-corrected chi connectivity index (χ4v) is 2.47. The van der Waals surface area contributed by atoms with E-state index in [9.17, 15) is 5.11 Å². The SMILES string of the molecule is COc1ccccc1C(CC#N)c1cccc(O)c1OC. The molecule has 4 nitrogen and oxygen atoms in total. The van der Waals surface area contributed by atoms with Gasteiger partial charge in [0.25, 0.3) is 0 Å². The number of methoxy groups -OCH3 is 2. The van der Waals surface area contributed by atoms with Crippen LogP contribution in [-0.4, -0.2) is 19.3 Å². The number of hydrogen-bond donors (Lipinski definition) is 1. The zero-order valence-corrected chi connectivity index (χ0v) is 12.0. The van der Waals surface area contributed by atoms with Gasteiger partial charge in [-0.3, -0.25) is 0 Å². The highest BCUT2D eigenvalue weighted by molar-refractivity contribution is 5.52. The lowest BCUT2D eigenvalue weighted by Crippen LogP contribution is -2.05. The molecule has 0 aliphatic rings. The molecule has 0 aliphatic carbocycles. The van der Waals surface area contributed by atoms with Gasteiger partial charge >= 0.3 is 0 Å². The van der Waals surface area contributed by atoms with Gasteiger partial charge in [-0.25, -0.2) is 0 Å². The predicted octanol–water partition coefficient (Wildman–Crippen LogP) is 3.45. The van der Waals surface area contributed by atoms with Crippen molar-refractivity contribution in [1.82, 2.24) is 0 Å². The number of nitriles is 1. The lowest BCUT2D eigenvalue weighted by atomic mass is 9.87. The van der Waals surface area contributed by atoms with Gasteiger partial charge in [0.1, 0.15) is 5.75 Å². The number of phenolic OH excluding ortho intramolecular Hbond substituents is 1. The summed E-state index contributed by atoms with van der Waals surface area (Å²) in [5.41, 5.74) is 1.66. The molecule has 0 aliphatic heterocycles. The molecule has 1 unspecified atom stereocenters. The number of phenols is 1. The lowest BCUT2D eigenvalue weighted by Gasteiger charge is -2.20. The van der Waals surface area contributed by atoms with Gasteiger partial charge in [-0.15, -0.1) is 0 Å². The molecule has 4 heteroatoms. The standard InChI is InChI=1S/C17H17NO3/c1-20-16-9-4-3-6-13(16)12(10-11-18)14-7-5-8-15(19)17(14)21-2/h3-9,12,19H,10H2,1-2H3.